The van der Waals surface area contributed by atoms with Crippen molar-refractivity contribution in [3.8, 4) is 0 Å². The molecule has 114 valence electrons. The van der Waals surface area contributed by atoms with E-state index in [4.69, 9.17) is 0 Å². The molecule has 0 radical (unpaired) electrons. The summed E-state index contributed by atoms with van der Waals surface area (Å²) in [6.45, 7) is 1.65. The minimum atomic E-state index is -0.489. The van der Waals surface area contributed by atoms with E-state index >= 15 is 0 Å². The largest absolute Gasteiger partial charge is 0.342 e. The van der Waals surface area contributed by atoms with E-state index in [0.29, 0.717) is 0 Å². The van der Waals surface area contributed by atoms with Crippen molar-refractivity contribution >= 4 is 5.91 Å². The van der Waals surface area contributed by atoms with E-state index in [-0.39, 0.29) is 11.5 Å². The summed E-state index contributed by atoms with van der Waals surface area (Å²) in [5.41, 5.74) is 0.726. The molecule has 22 heavy (non-hydrogen) atoms. The third-order valence-corrected chi connectivity index (χ3v) is 4.25. The molecule has 1 amide bonds. The Labute approximate surface area is 129 Å². The first-order valence-electron chi connectivity index (χ1n) is 7.55. The van der Waals surface area contributed by atoms with Crippen molar-refractivity contribution < 1.29 is 9.18 Å². The minimum absolute atomic E-state index is 0.0938. The van der Waals surface area contributed by atoms with Crippen molar-refractivity contribution in [3.63, 3.8) is 0 Å². The average molecular weight is 298 g/mol. The summed E-state index contributed by atoms with van der Waals surface area (Å²) in [5, 5.41) is 6.40. The number of amides is 1. The average Bonchev–Trinajstić information content (AvgIpc) is 2.57. The predicted molar refractivity (Wildman–Crippen MR) is 84.1 cm³/mol. The van der Waals surface area contributed by atoms with Gasteiger partial charge in [-0.15, -0.1) is 0 Å². The highest BCUT2D eigenvalue weighted by Gasteiger charge is 2.35. The maximum Gasteiger partial charge on any atom is 0.254 e. The van der Waals surface area contributed by atoms with Crippen LogP contribution in [0.5, 0.6) is 0 Å². The van der Waals surface area contributed by atoms with Crippen LogP contribution in [0, 0.1) is 5.82 Å². The second-order valence-corrected chi connectivity index (χ2v) is 5.63. The van der Waals surface area contributed by atoms with Crippen molar-refractivity contribution in [2.75, 3.05) is 13.1 Å². The van der Waals surface area contributed by atoms with Crippen LogP contribution in [0.3, 0.4) is 0 Å². The lowest BCUT2D eigenvalue weighted by molar-refractivity contribution is 0.0868. The van der Waals surface area contributed by atoms with Gasteiger partial charge in [0.05, 0.1) is 11.1 Å². The fraction of sp³-hybridized carbons (Fsp3) is 0.278. The van der Waals surface area contributed by atoms with Gasteiger partial charge in [-0.1, -0.05) is 42.5 Å². The molecular formula is C18H19FN2O. The first kappa shape index (κ1) is 14.7. The summed E-state index contributed by atoms with van der Waals surface area (Å²) >= 11 is 0. The van der Waals surface area contributed by atoms with E-state index in [1.807, 2.05) is 30.3 Å². The van der Waals surface area contributed by atoms with Crippen LogP contribution in [0.4, 0.5) is 4.39 Å². The van der Waals surface area contributed by atoms with Crippen LogP contribution >= 0.6 is 0 Å². The van der Waals surface area contributed by atoms with E-state index in [0.717, 1.165) is 31.5 Å². The molecule has 2 aromatic carbocycles. The highest BCUT2D eigenvalue weighted by Crippen LogP contribution is 2.31. The number of piperidine rings is 1. The summed E-state index contributed by atoms with van der Waals surface area (Å²) in [7, 11) is 0. The van der Waals surface area contributed by atoms with Gasteiger partial charge in [-0.2, -0.15) is 0 Å². The van der Waals surface area contributed by atoms with Crippen molar-refractivity contribution in [2.24, 2.45) is 0 Å². The van der Waals surface area contributed by atoms with Gasteiger partial charge in [0.2, 0.25) is 0 Å². The smallest absolute Gasteiger partial charge is 0.254 e. The maximum absolute atomic E-state index is 13.8. The Morgan fingerprint density at radius 3 is 2.32 bits per heavy atom. The van der Waals surface area contributed by atoms with Crippen LogP contribution < -0.4 is 10.6 Å². The molecule has 2 N–H and O–H groups in total. The molecule has 1 aliphatic heterocycles. The molecule has 1 heterocycles. The Morgan fingerprint density at radius 1 is 1.00 bits per heavy atom. The van der Waals surface area contributed by atoms with Crippen molar-refractivity contribution in [3.05, 3.63) is 71.5 Å². The van der Waals surface area contributed by atoms with Crippen LogP contribution in [0.15, 0.2) is 54.6 Å². The minimum Gasteiger partial charge on any atom is -0.342 e. The molecule has 0 spiro atoms. The SMILES string of the molecule is O=C(NC1(c2ccccc2)CCNCC1)c1ccccc1F. The summed E-state index contributed by atoms with van der Waals surface area (Å²) < 4.78 is 13.8. The summed E-state index contributed by atoms with van der Waals surface area (Å²) in [6, 6.07) is 16.0. The van der Waals surface area contributed by atoms with Gasteiger partial charge in [0.25, 0.3) is 5.91 Å². The van der Waals surface area contributed by atoms with E-state index in [1.54, 1.807) is 12.1 Å². The lowest BCUT2D eigenvalue weighted by atomic mass is 9.81. The molecule has 0 unspecified atom stereocenters. The van der Waals surface area contributed by atoms with Crippen LogP contribution in [-0.4, -0.2) is 19.0 Å². The van der Waals surface area contributed by atoms with Crippen molar-refractivity contribution in [1.82, 2.24) is 10.6 Å². The number of carbonyl (C=O) groups is 1. The van der Waals surface area contributed by atoms with E-state index < -0.39 is 11.4 Å². The van der Waals surface area contributed by atoms with Gasteiger partial charge < -0.3 is 10.6 Å². The molecule has 0 saturated carbocycles. The van der Waals surface area contributed by atoms with Gasteiger partial charge in [-0.05, 0) is 43.6 Å². The Bertz CT molecular complexity index is 651. The van der Waals surface area contributed by atoms with Crippen molar-refractivity contribution in [1.29, 1.82) is 0 Å². The second kappa shape index (κ2) is 6.28. The summed E-state index contributed by atoms with van der Waals surface area (Å²) in [5.74, 6) is -0.846. The van der Waals surface area contributed by atoms with Gasteiger partial charge >= 0.3 is 0 Å². The van der Waals surface area contributed by atoms with E-state index in [1.165, 1.54) is 12.1 Å². The number of halogens is 1. The van der Waals surface area contributed by atoms with E-state index in [9.17, 15) is 9.18 Å². The van der Waals surface area contributed by atoms with Gasteiger partial charge in [0.15, 0.2) is 0 Å². The monoisotopic (exact) mass is 298 g/mol. The zero-order valence-electron chi connectivity index (χ0n) is 12.3. The van der Waals surface area contributed by atoms with Gasteiger partial charge in [-0.25, -0.2) is 4.39 Å². The van der Waals surface area contributed by atoms with Gasteiger partial charge in [-0.3, -0.25) is 4.79 Å². The van der Waals surface area contributed by atoms with Crippen LogP contribution in [0.1, 0.15) is 28.8 Å². The molecule has 3 nitrogen and oxygen atoms in total. The molecule has 0 aliphatic carbocycles. The van der Waals surface area contributed by atoms with E-state index in [2.05, 4.69) is 10.6 Å². The van der Waals surface area contributed by atoms with Crippen LogP contribution in [0.25, 0.3) is 0 Å². The summed E-state index contributed by atoms with van der Waals surface area (Å²) in [6.07, 6.45) is 1.58. The van der Waals surface area contributed by atoms with Crippen LogP contribution in [0.2, 0.25) is 0 Å². The third kappa shape index (κ3) is 2.88. The van der Waals surface area contributed by atoms with Gasteiger partial charge in [0.1, 0.15) is 5.82 Å². The van der Waals surface area contributed by atoms with Crippen molar-refractivity contribution in [2.45, 2.75) is 18.4 Å². The lowest BCUT2D eigenvalue weighted by Gasteiger charge is -2.39. The Hall–Kier alpha value is -2.20. The zero-order chi connectivity index (χ0) is 15.4. The Morgan fingerprint density at radius 2 is 1.64 bits per heavy atom. The molecular weight excluding hydrogens is 279 g/mol. The first-order valence-corrected chi connectivity index (χ1v) is 7.55. The number of nitrogens with one attached hydrogen (secondary N) is 2. The Kier molecular flexibility index (Phi) is 4.20. The zero-order valence-corrected chi connectivity index (χ0v) is 12.3. The quantitative estimate of drug-likeness (QED) is 0.915. The molecule has 0 aromatic heterocycles. The number of hydrogen-bond donors (Lipinski definition) is 2. The molecule has 4 heteroatoms. The first-order chi connectivity index (χ1) is 10.7. The number of carbonyl (C=O) groups excluding carboxylic acids is 1. The fourth-order valence-corrected chi connectivity index (χ4v) is 3.03. The second-order valence-electron chi connectivity index (χ2n) is 5.63. The van der Waals surface area contributed by atoms with Crippen LogP contribution in [-0.2, 0) is 5.54 Å². The predicted octanol–water partition coefficient (Wildman–Crippen LogP) is 2.83. The normalized spacial score (nSPS) is 17.0. The molecule has 3 rings (SSSR count). The molecule has 1 saturated heterocycles. The molecule has 1 aliphatic rings. The Balaban J connectivity index is 1.91. The maximum atomic E-state index is 13.8. The highest BCUT2D eigenvalue weighted by molar-refractivity contribution is 5.95. The highest BCUT2D eigenvalue weighted by atomic mass is 19.1. The van der Waals surface area contributed by atoms with Gasteiger partial charge in [0, 0.05) is 0 Å². The third-order valence-electron chi connectivity index (χ3n) is 4.25. The number of rotatable bonds is 3. The summed E-state index contributed by atoms with van der Waals surface area (Å²) in [4.78, 5) is 12.5. The molecule has 2 aromatic rings. The standard InChI is InChI=1S/C18H19FN2O/c19-16-9-5-4-8-15(16)17(22)21-18(10-12-20-13-11-18)14-6-2-1-3-7-14/h1-9,20H,10-13H2,(H,21,22). The lowest BCUT2D eigenvalue weighted by Crippen LogP contribution is -2.52. The molecule has 1 fully saturated rings. The number of benzene rings is 2. The molecule has 0 bridgehead atoms. The molecule has 0 atom stereocenters. The number of hydrogen-bond acceptors (Lipinski definition) is 2. The fourth-order valence-electron chi connectivity index (χ4n) is 3.03. The topological polar surface area (TPSA) is 41.1 Å².